The van der Waals surface area contributed by atoms with Crippen molar-refractivity contribution in [3.63, 3.8) is 0 Å². The summed E-state index contributed by atoms with van der Waals surface area (Å²) in [6.45, 7) is 6.51. The fourth-order valence-corrected chi connectivity index (χ4v) is 4.01. The van der Waals surface area contributed by atoms with E-state index in [0.717, 1.165) is 24.5 Å². The van der Waals surface area contributed by atoms with Gasteiger partial charge < -0.3 is 5.32 Å². The van der Waals surface area contributed by atoms with Gasteiger partial charge in [0.15, 0.2) is 0 Å². The van der Waals surface area contributed by atoms with Crippen molar-refractivity contribution in [1.82, 2.24) is 5.32 Å². The van der Waals surface area contributed by atoms with E-state index in [1.807, 2.05) is 23.5 Å². The molecular weight excluding hydrogens is 366 g/mol. The van der Waals surface area contributed by atoms with Crippen LogP contribution in [0.15, 0.2) is 40.2 Å². The Kier molecular flexibility index (Phi) is 6.74. The molecule has 0 amide bonds. The van der Waals surface area contributed by atoms with Gasteiger partial charge in [0, 0.05) is 26.8 Å². The van der Waals surface area contributed by atoms with Gasteiger partial charge in [-0.3, -0.25) is 0 Å². The van der Waals surface area contributed by atoms with Gasteiger partial charge in [0.25, 0.3) is 0 Å². The first-order valence-corrected chi connectivity index (χ1v) is 9.29. The Labute approximate surface area is 144 Å². The van der Waals surface area contributed by atoms with Crippen LogP contribution in [0.5, 0.6) is 0 Å². The van der Waals surface area contributed by atoms with Gasteiger partial charge in [-0.05, 0) is 64.0 Å². The lowest BCUT2D eigenvalue weighted by molar-refractivity contribution is 0.515. The zero-order chi connectivity index (χ0) is 15.2. The number of hydrogen-bond acceptors (Lipinski definition) is 2. The molecule has 2 aromatic rings. The summed E-state index contributed by atoms with van der Waals surface area (Å²) in [5.41, 5.74) is 1.34. The van der Waals surface area contributed by atoms with Crippen LogP contribution in [0.2, 0.25) is 5.02 Å². The lowest BCUT2D eigenvalue weighted by atomic mass is 9.94. The van der Waals surface area contributed by atoms with Gasteiger partial charge in [-0.15, -0.1) is 11.3 Å². The standard InChI is InChI=1S/C17H21BrClNS/c1-12(2)10-20-11-14(9-17-16(18)7-8-21-17)13-3-5-15(19)6-4-13/h3-8,12,14,20H,9-11H2,1-2H3. The first-order valence-electron chi connectivity index (χ1n) is 7.24. The highest BCUT2D eigenvalue weighted by Gasteiger charge is 2.15. The molecule has 0 aliphatic rings. The van der Waals surface area contributed by atoms with Crippen LogP contribution in [-0.4, -0.2) is 13.1 Å². The molecule has 1 N–H and O–H groups in total. The molecule has 0 fully saturated rings. The van der Waals surface area contributed by atoms with Gasteiger partial charge in [0.1, 0.15) is 0 Å². The van der Waals surface area contributed by atoms with Crippen LogP contribution in [0.4, 0.5) is 0 Å². The van der Waals surface area contributed by atoms with Gasteiger partial charge in [-0.25, -0.2) is 0 Å². The molecule has 0 spiro atoms. The number of thiophene rings is 1. The van der Waals surface area contributed by atoms with Gasteiger partial charge >= 0.3 is 0 Å². The van der Waals surface area contributed by atoms with Crippen molar-refractivity contribution in [2.45, 2.75) is 26.2 Å². The van der Waals surface area contributed by atoms with Gasteiger partial charge in [-0.2, -0.15) is 0 Å². The third-order valence-corrected chi connectivity index (χ3v) is 5.61. The van der Waals surface area contributed by atoms with E-state index in [9.17, 15) is 0 Å². The van der Waals surface area contributed by atoms with E-state index >= 15 is 0 Å². The first kappa shape index (κ1) is 17.0. The summed E-state index contributed by atoms with van der Waals surface area (Å²) in [6, 6.07) is 10.4. The maximum absolute atomic E-state index is 6.01. The van der Waals surface area contributed by atoms with Crippen LogP contribution in [0, 0.1) is 5.92 Å². The molecule has 1 unspecified atom stereocenters. The van der Waals surface area contributed by atoms with E-state index in [2.05, 4.69) is 58.7 Å². The predicted molar refractivity (Wildman–Crippen MR) is 97.6 cm³/mol. The molecule has 0 bridgehead atoms. The SMILES string of the molecule is CC(C)CNCC(Cc1sccc1Br)c1ccc(Cl)cc1. The number of benzene rings is 1. The Balaban J connectivity index is 2.09. The van der Waals surface area contributed by atoms with Crippen molar-refractivity contribution in [1.29, 1.82) is 0 Å². The third kappa shape index (κ3) is 5.41. The zero-order valence-electron chi connectivity index (χ0n) is 12.4. The number of rotatable bonds is 7. The monoisotopic (exact) mass is 385 g/mol. The molecule has 1 aromatic carbocycles. The maximum atomic E-state index is 6.01. The quantitative estimate of drug-likeness (QED) is 0.640. The fourth-order valence-electron chi connectivity index (χ4n) is 2.28. The molecule has 0 aliphatic heterocycles. The Morgan fingerprint density at radius 3 is 2.43 bits per heavy atom. The Bertz CT molecular complexity index is 550. The minimum Gasteiger partial charge on any atom is -0.316 e. The second kappa shape index (κ2) is 8.33. The summed E-state index contributed by atoms with van der Waals surface area (Å²) >= 11 is 11.5. The third-order valence-electron chi connectivity index (χ3n) is 3.41. The largest absolute Gasteiger partial charge is 0.316 e. The molecule has 114 valence electrons. The van der Waals surface area contributed by atoms with E-state index in [1.165, 1.54) is 14.9 Å². The molecule has 1 heterocycles. The average molecular weight is 387 g/mol. The summed E-state index contributed by atoms with van der Waals surface area (Å²) < 4.78 is 1.22. The summed E-state index contributed by atoms with van der Waals surface area (Å²) in [7, 11) is 0. The zero-order valence-corrected chi connectivity index (χ0v) is 15.6. The summed E-state index contributed by atoms with van der Waals surface area (Å²) in [4.78, 5) is 1.40. The van der Waals surface area contributed by atoms with Crippen molar-refractivity contribution in [2.24, 2.45) is 5.92 Å². The Hall–Kier alpha value is -0.350. The van der Waals surface area contributed by atoms with Crippen LogP contribution in [0.1, 0.15) is 30.2 Å². The molecular formula is C17H21BrClNS. The topological polar surface area (TPSA) is 12.0 Å². The predicted octanol–water partition coefficient (Wildman–Crippen LogP) is 5.74. The summed E-state index contributed by atoms with van der Waals surface area (Å²) in [6.07, 6.45) is 1.05. The normalized spacial score (nSPS) is 12.8. The van der Waals surface area contributed by atoms with Crippen LogP contribution >= 0.6 is 38.9 Å². The molecule has 0 saturated carbocycles. The molecule has 1 aromatic heterocycles. The minimum absolute atomic E-state index is 0.468. The molecule has 4 heteroatoms. The molecule has 0 radical (unpaired) electrons. The smallest absolute Gasteiger partial charge is 0.0406 e. The lowest BCUT2D eigenvalue weighted by Gasteiger charge is -2.19. The highest BCUT2D eigenvalue weighted by molar-refractivity contribution is 9.10. The molecule has 1 nitrogen and oxygen atoms in total. The van der Waals surface area contributed by atoms with Crippen molar-refractivity contribution in [3.05, 3.63) is 55.6 Å². The summed E-state index contributed by atoms with van der Waals surface area (Å²) in [5.74, 6) is 1.14. The van der Waals surface area contributed by atoms with Crippen LogP contribution in [0.25, 0.3) is 0 Å². The summed E-state index contributed by atoms with van der Waals surface area (Å²) in [5, 5.41) is 6.52. The van der Waals surface area contributed by atoms with Gasteiger partial charge in [0.05, 0.1) is 0 Å². The Morgan fingerprint density at radius 1 is 1.14 bits per heavy atom. The van der Waals surface area contributed by atoms with Crippen molar-refractivity contribution < 1.29 is 0 Å². The highest BCUT2D eigenvalue weighted by atomic mass is 79.9. The second-order valence-electron chi connectivity index (χ2n) is 5.70. The van der Waals surface area contributed by atoms with E-state index in [4.69, 9.17) is 11.6 Å². The number of nitrogens with one attached hydrogen (secondary N) is 1. The maximum Gasteiger partial charge on any atom is 0.0406 e. The van der Waals surface area contributed by atoms with E-state index in [1.54, 1.807) is 0 Å². The van der Waals surface area contributed by atoms with Crippen molar-refractivity contribution >= 4 is 38.9 Å². The second-order valence-corrected chi connectivity index (χ2v) is 7.99. The molecule has 21 heavy (non-hydrogen) atoms. The van der Waals surface area contributed by atoms with E-state index < -0.39 is 0 Å². The van der Waals surface area contributed by atoms with Crippen LogP contribution < -0.4 is 5.32 Å². The minimum atomic E-state index is 0.468. The molecule has 2 rings (SSSR count). The fraction of sp³-hybridized carbons (Fsp3) is 0.412. The Morgan fingerprint density at radius 2 is 1.86 bits per heavy atom. The molecule has 1 atom stereocenters. The lowest BCUT2D eigenvalue weighted by Crippen LogP contribution is -2.26. The van der Waals surface area contributed by atoms with E-state index in [0.29, 0.717) is 11.8 Å². The molecule has 0 saturated heterocycles. The average Bonchev–Trinajstić information content (AvgIpc) is 2.84. The van der Waals surface area contributed by atoms with Crippen molar-refractivity contribution in [3.8, 4) is 0 Å². The van der Waals surface area contributed by atoms with Gasteiger partial charge in [-0.1, -0.05) is 37.6 Å². The highest BCUT2D eigenvalue weighted by Crippen LogP contribution is 2.29. The molecule has 0 aliphatic carbocycles. The first-order chi connectivity index (χ1) is 10.1. The van der Waals surface area contributed by atoms with Crippen LogP contribution in [-0.2, 0) is 6.42 Å². The van der Waals surface area contributed by atoms with Gasteiger partial charge in [0.2, 0.25) is 0 Å². The number of halogens is 2. The van der Waals surface area contributed by atoms with Crippen molar-refractivity contribution in [2.75, 3.05) is 13.1 Å². The van der Waals surface area contributed by atoms with Crippen LogP contribution in [0.3, 0.4) is 0 Å². The van der Waals surface area contributed by atoms with E-state index in [-0.39, 0.29) is 0 Å². The number of hydrogen-bond donors (Lipinski definition) is 1.